The molecule has 0 atom stereocenters. The number of aromatic nitrogens is 2. The van der Waals surface area contributed by atoms with Crippen LogP contribution in [0.4, 0.5) is 0 Å². The molecule has 0 fully saturated rings. The van der Waals surface area contributed by atoms with E-state index >= 15 is 0 Å². The van der Waals surface area contributed by atoms with E-state index in [1.807, 2.05) is 39.0 Å². The van der Waals surface area contributed by atoms with Gasteiger partial charge in [-0.15, -0.1) is 0 Å². The number of carbonyl (C=O) groups excluding carboxylic acids is 1. The van der Waals surface area contributed by atoms with Gasteiger partial charge < -0.3 is 9.73 Å². The number of aryl methyl sites for hydroxylation is 3. The van der Waals surface area contributed by atoms with Gasteiger partial charge in [-0.3, -0.25) is 4.79 Å². The van der Waals surface area contributed by atoms with Crippen LogP contribution in [0.15, 0.2) is 33.2 Å². The summed E-state index contributed by atoms with van der Waals surface area (Å²) < 4.78 is 6.50. The number of hydrogen-bond acceptors (Lipinski definition) is 4. The first-order chi connectivity index (χ1) is 11.0. The van der Waals surface area contributed by atoms with Crippen molar-refractivity contribution in [2.24, 2.45) is 0 Å². The summed E-state index contributed by atoms with van der Waals surface area (Å²) in [5, 5.41) is 3.75. The average molecular weight is 374 g/mol. The Labute approximate surface area is 142 Å². The lowest BCUT2D eigenvalue weighted by Crippen LogP contribution is -2.23. The molecule has 5 nitrogen and oxygen atoms in total. The topological polar surface area (TPSA) is 68.0 Å². The van der Waals surface area contributed by atoms with E-state index in [-0.39, 0.29) is 11.7 Å². The van der Waals surface area contributed by atoms with Crippen LogP contribution < -0.4 is 5.32 Å². The fraction of sp³-hybridized carbons (Fsp3) is 0.235. The number of rotatable bonds is 3. The van der Waals surface area contributed by atoms with E-state index in [0.29, 0.717) is 12.1 Å². The molecule has 0 spiro atoms. The number of halogens is 1. The van der Waals surface area contributed by atoms with Crippen molar-refractivity contribution in [1.29, 1.82) is 0 Å². The van der Waals surface area contributed by atoms with Crippen molar-refractivity contribution in [3.05, 3.63) is 57.3 Å². The highest BCUT2D eigenvalue weighted by atomic mass is 79.9. The molecule has 1 N–H and O–H groups in total. The summed E-state index contributed by atoms with van der Waals surface area (Å²) in [5.41, 5.74) is 3.36. The van der Waals surface area contributed by atoms with Gasteiger partial charge in [0.15, 0.2) is 5.76 Å². The van der Waals surface area contributed by atoms with Gasteiger partial charge in [0.2, 0.25) is 0 Å². The molecule has 2 aromatic heterocycles. The Kier molecular flexibility index (Phi) is 4.17. The Morgan fingerprint density at radius 1 is 1.22 bits per heavy atom. The van der Waals surface area contributed by atoms with Crippen molar-refractivity contribution in [3.63, 3.8) is 0 Å². The van der Waals surface area contributed by atoms with Gasteiger partial charge in [0, 0.05) is 33.4 Å². The Morgan fingerprint density at radius 3 is 2.57 bits per heavy atom. The summed E-state index contributed by atoms with van der Waals surface area (Å²) >= 11 is 3.45. The lowest BCUT2D eigenvalue weighted by molar-refractivity contribution is 0.0925. The molecule has 118 valence electrons. The van der Waals surface area contributed by atoms with Gasteiger partial charge in [0.1, 0.15) is 11.4 Å². The van der Waals surface area contributed by atoms with Crippen molar-refractivity contribution in [2.75, 3.05) is 0 Å². The first kappa shape index (κ1) is 15.7. The Balaban J connectivity index is 1.80. The van der Waals surface area contributed by atoms with E-state index in [1.165, 1.54) is 0 Å². The minimum atomic E-state index is -0.257. The number of nitrogens with one attached hydrogen (secondary N) is 1. The number of furan rings is 1. The van der Waals surface area contributed by atoms with Crippen LogP contribution in [0.25, 0.3) is 11.0 Å². The summed E-state index contributed by atoms with van der Waals surface area (Å²) in [6, 6.07) is 7.35. The van der Waals surface area contributed by atoms with E-state index < -0.39 is 0 Å². The molecule has 0 aliphatic carbocycles. The molecule has 0 bridgehead atoms. The molecule has 3 rings (SSSR count). The summed E-state index contributed by atoms with van der Waals surface area (Å²) in [6.07, 6.45) is 0. The van der Waals surface area contributed by atoms with E-state index in [0.717, 1.165) is 32.6 Å². The Bertz CT molecular complexity index is 879. The largest absolute Gasteiger partial charge is 0.451 e. The first-order valence-corrected chi connectivity index (χ1v) is 8.02. The van der Waals surface area contributed by atoms with E-state index in [4.69, 9.17) is 4.42 Å². The lowest BCUT2D eigenvalue weighted by Gasteiger charge is -2.10. The summed E-state index contributed by atoms with van der Waals surface area (Å²) in [5.74, 6) is 0.764. The van der Waals surface area contributed by atoms with Crippen molar-refractivity contribution in [2.45, 2.75) is 27.3 Å². The molecule has 23 heavy (non-hydrogen) atoms. The zero-order chi connectivity index (χ0) is 16.6. The normalized spacial score (nSPS) is 11.0. The van der Waals surface area contributed by atoms with Gasteiger partial charge in [0.25, 0.3) is 5.91 Å². The highest BCUT2D eigenvalue weighted by Crippen LogP contribution is 2.27. The van der Waals surface area contributed by atoms with Crippen LogP contribution in [0.3, 0.4) is 0 Å². The Morgan fingerprint density at radius 2 is 1.91 bits per heavy atom. The molecule has 0 saturated carbocycles. The third-order valence-corrected chi connectivity index (χ3v) is 4.38. The van der Waals surface area contributed by atoms with Crippen molar-refractivity contribution in [1.82, 2.24) is 15.3 Å². The van der Waals surface area contributed by atoms with Gasteiger partial charge in [-0.2, -0.15) is 0 Å². The quantitative estimate of drug-likeness (QED) is 0.757. The number of nitrogens with zero attached hydrogens (tertiary/aromatic N) is 2. The highest BCUT2D eigenvalue weighted by molar-refractivity contribution is 9.10. The maximum Gasteiger partial charge on any atom is 0.287 e. The molecule has 0 saturated heterocycles. The second-order valence-electron chi connectivity index (χ2n) is 5.37. The molecule has 1 amide bonds. The highest BCUT2D eigenvalue weighted by Gasteiger charge is 2.15. The van der Waals surface area contributed by atoms with Gasteiger partial charge in [0.05, 0.1) is 0 Å². The predicted molar refractivity (Wildman–Crippen MR) is 91.3 cm³/mol. The molecule has 0 unspecified atom stereocenters. The van der Waals surface area contributed by atoms with Crippen LogP contribution in [0.1, 0.15) is 33.3 Å². The minimum Gasteiger partial charge on any atom is -0.451 e. The molecule has 2 heterocycles. The predicted octanol–water partition coefficient (Wildman–Crippen LogP) is 3.84. The monoisotopic (exact) mass is 373 g/mol. The molecule has 1 aromatic carbocycles. The van der Waals surface area contributed by atoms with Gasteiger partial charge in [-0.1, -0.05) is 22.0 Å². The van der Waals surface area contributed by atoms with Crippen LogP contribution >= 0.6 is 15.9 Å². The standard InChI is InChI=1S/C17H16BrN3O2/c1-9-13(10(2)21-11(3)20-9)8-19-17(22)16-7-12-14(18)5-4-6-15(12)23-16/h4-7H,8H2,1-3H3,(H,19,22). The van der Waals surface area contributed by atoms with Gasteiger partial charge in [-0.25, -0.2) is 9.97 Å². The molecule has 0 aliphatic rings. The van der Waals surface area contributed by atoms with E-state index in [2.05, 4.69) is 31.2 Å². The third-order valence-electron chi connectivity index (χ3n) is 3.69. The van der Waals surface area contributed by atoms with Gasteiger partial charge in [-0.05, 0) is 39.0 Å². The van der Waals surface area contributed by atoms with Crippen LogP contribution in [-0.4, -0.2) is 15.9 Å². The molecule has 0 radical (unpaired) electrons. The number of hydrogen-bond donors (Lipinski definition) is 1. The van der Waals surface area contributed by atoms with Crippen LogP contribution in [0.5, 0.6) is 0 Å². The Hall–Kier alpha value is -2.21. The SMILES string of the molecule is Cc1nc(C)c(CNC(=O)c2cc3c(Br)cccc3o2)c(C)n1. The minimum absolute atomic E-state index is 0.257. The molecule has 0 aliphatic heterocycles. The average Bonchev–Trinajstić information content (AvgIpc) is 2.91. The van der Waals surface area contributed by atoms with Crippen molar-refractivity contribution >= 4 is 32.8 Å². The lowest BCUT2D eigenvalue weighted by atomic mass is 10.1. The maximum absolute atomic E-state index is 12.3. The van der Waals surface area contributed by atoms with Crippen LogP contribution in [-0.2, 0) is 6.54 Å². The fourth-order valence-corrected chi connectivity index (χ4v) is 3.02. The van der Waals surface area contributed by atoms with Gasteiger partial charge >= 0.3 is 0 Å². The number of amides is 1. The number of benzene rings is 1. The molecule has 3 aromatic rings. The number of carbonyl (C=O) groups is 1. The summed E-state index contributed by atoms with van der Waals surface area (Å²) in [4.78, 5) is 21.0. The molecular formula is C17H16BrN3O2. The zero-order valence-electron chi connectivity index (χ0n) is 13.1. The van der Waals surface area contributed by atoms with Crippen molar-refractivity contribution in [3.8, 4) is 0 Å². The first-order valence-electron chi connectivity index (χ1n) is 7.22. The maximum atomic E-state index is 12.3. The zero-order valence-corrected chi connectivity index (χ0v) is 14.7. The van der Waals surface area contributed by atoms with E-state index in [9.17, 15) is 4.79 Å². The molecule has 6 heteroatoms. The number of fused-ring (bicyclic) bond motifs is 1. The van der Waals surface area contributed by atoms with E-state index in [1.54, 1.807) is 6.07 Å². The van der Waals surface area contributed by atoms with Crippen molar-refractivity contribution < 1.29 is 9.21 Å². The second-order valence-corrected chi connectivity index (χ2v) is 6.22. The molecular weight excluding hydrogens is 358 g/mol. The fourth-order valence-electron chi connectivity index (χ4n) is 2.56. The van der Waals surface area contributed by atoms with Crippen LogP contribution in [0.2, 0.25) is 0 Å². The smallest absolute Gasteiger partial charge is 0.287 e. The third kappa shape index (κ3) is 3.12. The summed E-state index contributed by atoms with van der Waals surface area (Å²) in [7, 11) is 0. The van der Waals surface area contributed by atoms with Crippen LogP contribution in [0, 0.1) is 20.8 Å². The summed E-state index contributed by atoms with van der Waals surface area (Å²) in [6.45, 7) is 6.06. The second kappa shape index (κ2) is 6.12.